The molecule has 1 N–H and O–H groups in total. The summed E-state index contributed by atoms with van der Waals surface area (Å²) < 4.78 is 2.31. The van der Waals surface area contributed by atoms with Crippen molar-refractivity contribution in [3.05, 3.63) is 0 Å². The number of hydrogen-bond acceptors (Lipinski definition) is 5. The van der Waals surface area contributed by atoms with Gasteiger partial charge in [0.25, 0.3) is 0 Å². The summed E-state index contributed by atoms with van der Waals surface area (Å²) in [6, 6.07) is 0.898. The number of carbonyl (C=O) groups is 1. The lowest BCUT2D eigenvalue weighted by atomic mass is 10.00. The highest BCUT2D eigenvalue weighted by atomic mass is 32.2. The van der Waals surface area contributed by atoms with Crippen molar-refractivity contribution in [1.82, 2.24) is 20.1 Å². The minimum absolute atomic E-state index is 0.144. The van der Waals surface area contributed by atoms with Crippen LogP contribution in [0.1, 0.15) is 77.2 Å². The Morgan fingerprint density at radius 3 is 2.41 bits per heavy atom. The van der Waals surface area contributed by atoms with Gasteiger partial charge in [-0.15, -0.1) is 10.2 Å². The molecule has 1 saturated heterocycles. The second-order valence-electron chi connectivity index (χ2n) is 8.60. The van der Waals surface area contributed by atoms with Crippen molar-refractivity contribution in [2.45, 2.75) is 88.4 Å². The molecule has 0 unspecified atom stereocenters. The third-order valence-corrected chi connectivity index (χ3v) is 7.12. The van der Waals surface area contributed by atoms with Crippen molar-refractivity contribution in [3.8, 4) is 0 Å². The van der Waals surface area contributed by atoms with E-state index in [0.29, 0.717) is 17.8 Å². The van der Waals surface area contributed by atoms with Gasteiger partial charge in [-0.1, -0.05) is 44.4 Å². The standard InChI is InChI=1S/C20H33N5OS/c1-15-10-12-24(13-11-15)19-22-23-20(25(19)17-8-9-17)27-14-18(26)21-16-6-4-2-3-5-7-16/h15-17H,2-14H2,1H3,(H,21,26). The number of carbonyl (C=O) groups excluding carboxylic acids is 1. The molecule has 0 radical (unpaired) electrons. The lowest BCUT2D eigenvalue weighted by molar-refractivity contribution is -0.119. The highest BCUT2D eigenvalue weighted by Gasteiger charge is 2.32. The number of piperidine rings is 1. The van der Waals surface area contributed by atoms with Crippen LogP contribution in [0.2, 0.25) is 0 Å². The molecule has 0 atom stereocenters. The fourth-order valence-corrected chi connectivity index (χ4v) is 5.08. The van der Waals surface area contributed by atoms with Gasteiger partial charge in [-0.2, -0.15) is 0 Å². The van der Waals surface area contributed by atoms with Crippen LogP contribution in [0.25, 0.3) is 0 Å². The van der Waals surface area contributed by atoms with Crippen LogP contribution >= 0.6 is 11.8 Å². The molecule has 2 saturated carbocycles. The topological polar surface area (TPSA) is 63.1 Å². The first-order chi connectivity index (χ1) is 13.2. The second-order valence-corrected chi connectivity index (χ2v) is 9.54. The van der Waals surface area contributed by atoms with E-state index >= 15 is 0 Å². The Hall–Kier alpha value is -1.24. The Morgan fingerprint density at radius 1 is 1.04 bits per heavy atom. The molecule has 0 spiro atoms. The number of aromatic nitrogens is 3. The van der Waals surface area contributed by atoms with Gasteiger partial charge in [-0.3, -0.25) is 9.36 Å². The molecule has 150 valence electrons. The molecule has 2 aliphatic carbocycles. The van der Waals surface area contributed by atoms with Gasteiger partial charge in [0.05, 0.1) is 5.75 Å². The number of amides is 1. The highest BCUT2D eigenvalue weighted by molar-refractivity contribution is 7.99. The first-order valence-corrected chi connectivity index (χ1v) is 11.8. The first kappa shape index (κ1) is 19.1. The van der Waals surface area contributed by atoms with E-state index < -0.39 is 0 Å². The average Bonchev–Trinajstić information content (AvgIpc) is 3.46. The van der Waals surface area contributed by atoms with E-state index in [2.05, 4.69) is 31.9 Å². The summed E-state index contributed by atoms with van der Waals surface area (Å²) in [4.78, 5) is 14.8. The van der Waals surface area contributed by atoms with E-state index in [1.54, 1.807) is 11.8 Å². The van der Waals surface area contributed by atoms with Crippen LogP contribution in [-0.4, -0.2) is 45.6 Å². The third kappa shape index (κ3) is 4.98. The number of anilines is 1. The van der Waals surface area contributed by atoms with Gasteiger partial charge in [0.15, 0.2) is 5.16 Å². The van der Waals surface area contributed by atoms with Crippen LogP contribution in [-0.2, 0) is 4.79 Å². The van der Waals surface area contributed by atoms with E-state index in [4.69, 9.17) is 0 Å². The van der Waals surface area contributed by atoms with Crippen LogP contribution < -0.4 is 10.2 Å². The van der Waals surface area contributed by atoms with Crippen molar-refractivity contribution in [2.75, 3.05) is 23.7 Å². The van der Waals surface area contributed by atoms with Crippen molar-refractivity contribution in [1.29, 1.82) is 0 Å². The maximum atomic E-state index is 12.4. The Kier molecular flexibility index (Phi) is 6.25. The molecular weight excluding hydrogens is 358 g/mol. The zero-order chi connectivity index (χ0) is 18.6. The van der Waals surface area contributed by atoms with Gasteiger partial charge in [-0.05, 0) is 44.4 Å². The van der Waals surface area contributed by atoms with Gasteiger partial charge < -0.3 is 10.2 Å². The maximum absolute atomic E-state index is 12.4. The van der Waals surface area contributed by atoms with Crippen LogP contribution in [0.3, 0.4) is 0 Å². The van der Waals surface area contributed by atoms with Gasteiger partial charge in [0, 0.05) is 25.2 Å². The summed E-state index contributed by atoms with van der Waals surface area (Å²) in [6.45, 7) is 4.47. The molecule has 1 aromatic rings. The lowest BCUT2D eigenvalue weighted by Gasteiger charge is -2.31. The van der Waals surface area contributed by atoms with Crippen LogP contribution in [0.4, 0.5) is 5.95 Å². The average molecular weight is 392 g/mol. The quantitative estimate of drug-likeness (QED) is 0.591. The summed E-state index contributed by atoms with van der Waals surface area (Å²) in [7, 11) is 0. The van der Waals surface area contributed by atoms with Crippen molar-refractivity contribution >= 4 is 23.6 Å². The minimum atomic E-state index is 0.144. The van der Waals surface area contributed by atoms with E-state index in [1.807, 2.05) is 0 Å². The monoisotopic (exact) mass is 391 g/mol. The molecule has 1 amide bonds. The predicted molar refractivity (Wildman–Crippen MR) is 109 cm³/mol. The molecule has 0 aromatic carbocycles. The first-order valence-electron chi connectivity index (χ1n) is 10.8. The van der Waals surface area contributed by atoms with Crippen LogP contribution in [0.5, 0.6) is 0 Å². The lowest BCUT2D eigenvalue weighted by Crippen LogP contribution is -2.35. The molecule has 3 aliphatic rings. The molecule has 2 heterocycles. The Labute approximate surface area is 166 Å². The normalized spacial score (nSPS) is 22.6. The summed E-state index contributed by atoms with van der Waals surface area (Å²) in [5, 5.41) is 13.1. The smallest absolute Gasteiger partial charge is 0.230 e. The van der Waals surface area contributed by atoms with Crippen LogP contribution in [0.15, 0.2) is 5.16 Å². The van der Waals surface area contributed by atoms with Gasteiger partial charge in [0.2, 0.25) is 11.9 Å². The van der Waals surface area contributed by atoms with E-state index in [9.17, 15) is 4.79 Å². The number of nitrogens with one attached hydrogen (secondary N) is 1. The summed E-state index contributed by atoms with van der Waals surface area (Å²) in [6.07, 6.45) is 12.2. The fourth-order valence-electron chi connectivity index (χ4n) is 4.27. The van der Waals surface area contributed by atoms with Gasteiger partial charge >= 0.3 is 0 Å². The van der Waals surface area contributed by atoms with Crippen molar-refractivity contribution in [3.63, 3.8) is 0 Å². The molecule has 3 fully saturated rings. The number of thioether (sulfide) groups is 1. The van der Waals surface area contributed by atoms with E-state index in [1.165, 1.54) is 51.4 Å². The zero-order valence-electron chi connectivity index (χ0n) is 16.5. The number of nitrogens with zero attached hydrogens (tertiary/aromatic N) is 4. The molecule has 27 heavy (non-hydrogen) atoms. The summed E-state index contributed by atoms with van der Waals surface area (Å²) in [5.41, 5.74) is 0. The minimum Gasteiger partial charge on any atom is -0.353 e. The molecule has 7 heteroatoms. The Morgan fingerprint density at radius 2 is 1.74 bits per heavy atom. The van der Waals surface area contributed by atoms with Gasteiger partial charge in [0.1, 0.15) is 0 Å². The molecule has 0 bridgehead atoms. The van der Waals surface area contributed by atoms with E-state index in [0.717, 1.165) is 43.0 Å². The fraction of sp³-hybridized carbons (Fsp3) is 0.850. The molecule has 4 rings (SSSR count). The predicted octanol–water partition coefficient (Wildman–Crippen LogP) is 3.78. The molecular formula is C20H33N5OS. The Balaban J connectivity index is 1.35. The molecule has 1 aromatic heterocycles. The SMILES string of the molecule is CC1CCN(c2nnc(SCC(=O)NC3CCCCCC3)n2C2CC2)CC1. The zero-order valence-corrected chi connectivity index (χ0v) is 17.3. The summed E-state index contributed by atoms with van der Waals surface area (Å²) >= 11 is 1.55. The molecule has 6 nitrogen and oxygen atoms in total. The number of hydrogen-bond donors (Lipinski definition) is 1. The highest BCUT2D eigenvalue weighted by Crippen LogP contribution is 2.41. The summed E-state index contributed by atoms with van der Waals surface area (Å²) in [5.74, 6) is 2.42. The largest absolute Gasteiger partial charge is 0.353 e. The van der Waals surface area contributed by atoms with Gasteiger partial charge in [-0.25, -0.2) is 0 Å². The maximum Gasteiger partial charge on any atom is 0.230 e. The van der Waals surface area contributed by atoms with E-state index in [-0.39, 0.29) is 5.91 Å². The molecule has 1 aliphatic heterocycles. The second kappa shape index (κ2) is 8.84. The van der Waals surface area contributed by atoms with Crippen molar-refractivity contribution < 1.29 is 4.79 Å². The van der Waals surface area contributed by atoms with Crippen molar-refractivity contribution in [2.24, 2.45) is 5.92 Å². The van der Waals surface area contributed by atoms with Crippen LogP contribution in [0, 0.1) is 5.92 Å². The number of rotatable bonds is 6. The third-order valence-electron chi connectivity index (χ3n) is 6.18. The Bertz CT molecular complexity index is 628.